The lowest BCUT2D eigenvalue weighted by atomic mass is 9.99. The van der Waals surface area contributed by atoms with E-state index in [4.69, 9.17) is 18.3 Å². The van der Waals surface area contributed by atoms with Crippen molar-refractivity contribution in [1.82, 2.24) is 5.32 Å². The number of hydrogen-bond donors (Lipinski definition) is 2. The van der Waals surface area contributed by atoms with E-state index in [1.807, 2.05) is 60.7 Å². The fourth-order valence-corrected chi connectivity index (χ4v) is 3.96. The molecule has 8 nitrogen and oxygen atoms in total. The second-order valence-corrected chi connectivity index (χ2v) is 10.3. The topological polar surface area (TPSA) is 103 Å². The summed E-state index contributed by atoms with van der Waals surface area (Å²) in [6.45, 7) is 6.21. The molecular weight excluding hydrogens is 445 g/mol. The zero-order valence-electron chi connectivity index (χ0n) is 19.7. The number of rotatable bonds is 12. The molecule has 9 heteroatoms. The molecule has 0 heterocycles. The van der Waals surface area contributed by atoms with E-state index in [0.717, 1.165) is 11.1 Å². The molecule has 0 bridgehead atoms. The predicted octanol–water partition coefficient (Wildman–Crippen LogP) is 5.21. The number of aliphatic hydroxyl groups is 1. The Balaban J connectivity index is 2.12. The molecule has 1 atom stereocenters. The Morgan fingerprint density at radius 2 is 1.39 bits per heavy atom. The average Bonchev–Trinajstić information content (AvgIpc) is 2.79. The normalized spacial score (nSPS) is 13.8. The number of phosphoric acid groups is 1. The first-order chi connectivity index (χ1) is 15.6. The van der Waals surface area contributed by atoms with Crippen LogP contribution in [0.4, 0.5) is 4.79 Å². The minimum atomic E-state index is -4.06. The maximum atomic E-state index is 13.5. The van der Waals surface area contributed by atoms with Crippen LogP contribution in [0.15, 0.2) is 60.7 Å². The third-order valence-electron chi connectivity index (χ3n) is 4.71. The number of alkyl carbamates (subject to hydrolysis) is 1. The van der Waals surface area contributed by atoms with Gasteiger partial charge in [-0.05, 0) is 38.3 Å². The van der Waals surface area contributed by atoms with E-state index in [-0.39, 0.29) is 19.8 Å². The Morgan fingerprint density at radius 1 is 0.909 bits per heavy atom. The molecule has 2 aromatic rings. The van der Waals surface area contributed by atoms with Gasteiger partial charge in [-0.3, -0.25) is 13.6 Å². The van der Waals surface area contributed by atoms with E-state index in [1.54, 1.807) is 27.7 Å². The van der Waals surface area contributed by atoms with Crippen LogP contribution in [0, 0.1) is 0 Å². The van der Waals surface area contributed by atoms with Gasteiger partial charge in [0, 0.05) is 0 Å². The van der Waals surface area contributed by atoms with Gasteiger partial charge in [0.2, 0.25) is 0 Å². The van der Waals surface area contributed by atoms with E-state index in [0.29, 0.717) is 6.42 Å². The van der Waals surface area contributed by atoms with Crippen LogP contribution < -0.4 is 5.32 Å². The smallest absolute Gasteiger partial charge is 0.444 e. The van der Waals surface area contributed by atoms with E-state index in [1.165, 1.54) is 0 Å². The lowest BCUT2D eigenvalue weighted by molar-refractivity contribution is 0.0219. The summed E-state index contributed by atoms with van der Waals surface area (Å²) in [6.07, 6.45) is -0.424. The Morgan fingerprint density at radius 3 is 1.79 bits per heavy atom. The molecule has 0 spiro atoms. The van der Waals surface area contributed by atoms with Crippen LogP contribution in [0.5, 0.6) is 0 Å². The standard InChI is InChI=1S/C24H34NO7P/c1-5-24(18-26,25-22(27)32-23(2,3)4)19-31-33(28,29-16-20-12-8-6-9-13-20)30-17-21-14-10-7-11-15-21/h6-15,26H,5,16-19H2,1-4H3,(H,25,27). The second-order valence-electron chi connectivity index (χ2n) is 8.66. The van der Waals surface area contributed by atoms with Crippen molar-refractivity contribution in [2.45, 2.75) is 58.5 Å². The number of hydrogen-bond acceptors (Lipinski definition) is 7. The van der Waals surface area contributed by atoms with Crippen molar-refractivity contribution >= 4 is 13.9 Å². The van der Waals surface area contributed by atoms with E-state index < -0.39 is 31.7 Å². The number of aliphatic hydroxyl groups excluding tert-OH is 1. The van der Waals surface area contributed by atoms with E-state index >= 15 is 0 Å². The predicted molar refractivity (Wildman–Crippen MR) is 125 cm³/mol. The number of carbonyl (C=O) groups excluding carboxylic acids is 1. The Hall–Kier alpha value is -2.22. The minimum Gasteiger partial charge on any atom is -0.444 e. The molecule has 0 aliphatic heterocycles. The van der Waals surface area contributed by atoms with Crippen molar-refractivity contribution in [1.29, 1.82) is 0 Å². The van der Waals surface area contributed by atoms with Crippen LogP contribution in [0.1, 0.15) is 45.2 Å². The summed E-state index contributed by atoms with van der Waals surface area (Å²) in [4.78, 5) is 12.3. The number of carbonyl (C=O) groups is 1. The molecule has 0 saturated heterocycles. The Labute approximate surface area is 195 Å². The highest BCUT2D eigenvalue weighted by atomic mass is 31.2. The van der Waals surface area contributed by atoms with Crippen molar-refractivity contribution in [2.75, 3.05) is 13.2 Å². The van der Waals surface area contributed by atoms with Gasteiger partial charge in [-0.15, -0.1) is 0 Å². The first kappa shape index (κ1) is 27.0. The number of benzene rings is 2. The summed E-state index contributed by atoms with van der Waals surface area (Å²) in [5.41, 5.74) is -0.363. The zero-order valence-corrected chi connectivity index (χ0v) is 20.5. The van der Waals surface area contributed by atoms with Gasteiger partial charge in [0.15, 0.2) is 0 Å². The molecule has 2 N–H and O–H groups in total. The number of amides is 1. The number of nitrogens with one attached hydrogen (secondary N) is 1. The van der Waals surface area contributed by atoms with Crippen LogP contribution in [0.2, 0.25) is 0 Å². The molecule has 0 radical (unpaired) electrons. The quantitative estimate of drug-likeness (QED) is 0.403. The molecule has 0 aliphatic carbocycles. The first-order valence-electron chi connectivity index (χ1n) is 10.8. The van der Waals surface area contributed by atoms with Gasteiger partial charge in [-0.1, -0.05) is 67.6 Å². The molecule has 1 amide bonds. The van der Waals surface area contributed by atoms with Crippen LogP contribution in [-0.4, -0.2) is 35.6 Å². The van der Waals surface area contributed by atoms with Crippen LogP contribution in [-0.2, 0) is 36.1 Å². The monoisotopic (exact) mass is 479 g/mol. The van der Waals surface area contributed by atoms with Crippen LogP contribution in [0.3, 0.4) is 0 Å². The highest BCUT2D eigenvalue weighted by Crippen LogP contribution is 2.51. The zero-order chi connectivity index (χ0) is 24.4. The van der Waals surface area contributed by atoms with Crippen LogP contribution in [0.25, 0.3) is 0 Å². The highest BCUT2D eigenvalue weighted by Gasteiger charge is 2.37. The largest absolute Gasteiger partial charge is 0.475 e. The number of phosphoric ester groups is 1. The first-order valence-corrected chi connectivity index (χ1v) is 12.3. The summed E-state index contributed by atoms with van der Waals surface area (Å²) < 4.78 is 35.6. The van der Waals surface area contributed by atoms with Crippen molar-refractivity contribution in [3.63, 3.8) is 0 Å². The Kier molecular flexibility index (Phi) is 10.1. The summed E-state index contributed by atoms with van der Waals surface area (Å²) in [5, 5.41) is 12.7. The SMILES string of the molecule is CCC(CO)(COP(=O)(OCc1ccccc1)OCc1ccccc1)NC(=O)OC(C)(C)C. The van der Waals surface area contributed by atoms with Crippen molar-refractivity contribution in [2.24, 2.45) is 0 Å². The van der Waals surface area contributed by atoms with Crippen molar-refractivity contribution < 1.29 is 32.8 Å². The van der Waals surface area contributed by atoms with Gasteiger partial charge in [0.05, 0.1) is 32.0 Å². The molecule has 0 fully saturated rings. The third-order valence-corrected chi connectivity index (χ3v) is 6.04. The average molecular weight is 480 g/mol. The summed E-state index contributed by atoms with van der Waals surface area (Å²) in [6, 6.07) is 18.4. The maximum Gasteiger partial charge on any atom is 0.475 e. The molecule has 0 aliphatic rings. The van der Waals surface area contributed by atoms with Crippen LogP contribution >= 0.6 is 7.82 Å². The molecule has 0 aromatic heterocycles. The summed E-state index contributed by atoms with van der Waals surface area (Å²) in [5.74, 6) is 0. The highest BCUT2D eigenvalue weighted by molar-refractivity contribution is 7.48. The summed E-state index contributed by atoms with van der Waals surface area (Å²) in [7, 11) is -4.06. The lowest BCUT2D eigenvalue weighted by Crippen LogP contribution is -2.55. The van der Waals surface area contributed by atoms with Crippen molar-refractivity contribution in [3.05, 3.63) is 71.8 Å². The van der Waals surface area contributed by atoms with E-state index in [9.17, 15) is 14.5 Å². The minimum absolute atomic E-state index is 0.00461. The fourth-order valence-electron chi connectivity index (χ4n) is 2.71. The Bertz CT molecular complexity index is 849. The third kappa shape index (κ3) is 9.66. The van der Waals surface area contributed by atoms with Gasteiger partial charge < -0.3 is 15.2 Å². The molecule has 33 heavy (non-hydrogen) atoms. The fraction of sp³-hybridized carbons (Fsp3) is 0.458. The molecular formula is C24H34NO7P. The van der Waals surface area contributed by atoms with Gasteiger partial charge in [0.1, 0.15) is 5.60 Å². The lowest BCUT2D eigenvalue weighted by Gasteiger charge is -2.33. The molecule has 2 rings (SSSR count). The molecule has 1 unspecified atom stereocenters. The van der Waals surface area contributed by atoms with Gasteiger partial charge in [-0.2, -0.15) is 0 Å². The van der Waals surface area contributed by atoms with Gasteiger partial charge in [0.25, 0.3) is 0 Å². The molecule has 182 valence electrons. The molecule has 2 aromatic carbocycles. The molecule has 0 saturated carbocycles. The van der Waals surface area contributed by atoms with Crippen molar-refractivity contribution in [3.8, 4) is 0 Å². The second kappa shape index (κ2) is 12.3. The summed E-state index contributed by atoms with van der Waals surface area (Å²) >= 11 is 0. The van der Waals surface area contributed by atoms with Gasteiger partial charge >= 0.3 is 13.9 Å². The number of ether oxygens (including phenoxy) is 1. The maximum absolute atomic E-state index is 13.5. The van der Waals surface area contributed by atoms with E-state index in [2.05, 4.69) is 5.32 Å². The van der Waals surface area contributed by atoms with Gasteiger partial charge in [-0.25, -0.2) is 9.36 Å².